The number of fused-ring (bicyclic) bond motifs is 4. The first-order valence-electron chi connectivity index (χ1n) is 7.91. The monoisotopic (exact) mass is 316 g/mol. The molecule has 4 saturated carbocycles. The molecule has 4 rings (SSSR count). The normalized spacial score (nSPS) is 48.6. The minimum Gasteiger partial charge on any atom is -0.285 e. The number of thiol groups is 2. The molecule has 0 heterocycles. The zero-order chi connectivity index (χ0) is 13.2. The molecule has 0 saturated heterocycles. The summed E-state index contributed by atoms with van der Waals surface area (Å²) in [4.78, 5) is 0. The Bertz CT molecular complexity index is 396. The molecule has 4 bridgehead atoms. The third-order valence-corrected chi connectivity index (χ3v) is 8.88. The van der Waals surface area contributed by atoms with Crippen LogP contribution in [0.4, 0.5) is 0 Å². The minimum atomic E-state index is -2.21. The molecule has 5 heteroatoms. The number of nitrogens with zero attached hydrogens (tertiary/aromatic N) is 1. The molecule has 0 aromatic carbocycles. The summed E-state index contributed by atoms with van der Waals surface area (Å²) in [5, 5.41) is 8.54. The molecule has 19 heavy (non-hydrogen) atoms. The van der Waals surface area contributed by atoms with E-state index in [1.807, 2.05) is 0 Å². The van der Waals surface area contributed by atoms with Gasteiger partial charge >= 0.3 is 0 Å². The highest BCUT2D eigenvalue weighted by Gasteiger charge is 2.51. The zero-order valence-electron chi connectivity index (χ0n) is 11.4. The van der Waals surface area contributed by atoms with Crippen LogP contribution in [0.25, 0.3) is 0 Å². The van der Waals surface area contributed by atoms with Gasteiger partial charge in [0.25, 0.3) is 0 Å². The van der Waals surface area contributed by atoms with Crippen molar-refractivity contribution in [2.75, 3.05) is 0 Å². The van der Waals surface area contributed by atoms with Crippen LogP contribution in [0, 0.1) is 28.8 Å². The third-order valence-electron chi connectivity index (χ3n) is 6.40. The van der Waals surface area contributed by atoms with Crippen molar-refractivity contribution in [3.05, 3.63) is 0 Å². The van der Waals surface area contributed by atoms with Gasteiger partial charge in [-0.15, -0.1) is 24.5 Å². The van der Waals surface area contributed by atoms with E-state index in [4.69, 9.17) is 5.16 Å². The summed E-state index contributed by atoms with van der Waals surface area (Å²) in [7, 11) is 0. The van der Waals surface area contributed by atoms with E-state index in [9.17, 15) is 0 Å². The van der Waals surface area contributed by atoms with Crippen LogP contribution in [0.1, 0.15) is 51.4 Å². The van der Waals surface area contributed by atoms with Gasteiger partial charge in [-0.3, -0.25) is 5.16 Å². The summed E-state index contributed by atoms with van der Waals surface area (Å²) in [6, 6.07) is 1.29. The minimum absolute atomic E-state index is 0.643. The highest BCUT2D eigenvalue weighted by molar-refractivity contribution is 8.80. The van der Waals surface area contributed by atoms with Crippen LogP contribution in [0.2, 0.25) is 0 Å². The van der Waals surface area contributed by atoms with Gasteiger partial charge in [-0.05, 0) is 62.2 Å². The Balaban J connectivity index is 1.61. The largest absolute Gasteiger partial charge is 0.285 e. The smallest absolute Gasteiger partial charge is 0.132 e. The Labute approximate surface area is 127 Å². The Hall–Kier alpha value is 0.890. The summed E-state index contributed by atoms with van der Waals surface area (Å²) in [5.41, 5.74) is -2.21. The topological polar surface area (TPSA) is 27.1 Å². The molecule has 6 unspecified atom stereocenters. The molecule has 0 aromatic rings. The maximum absolute atomic E-state index is 8.54. The van der Waals surface area contributed by atoms with Crippen LogP contribution >= 0.6 is 30.1 Å². The predicted molar refractivity (Wildman–Crippen MR) is 87.9 cm³/mol. The molecule has 1 N–H and O–H groups in total. The van der Waals surface area contributed by atoms with E-state index in [0.717, 1.165) is 23.7 Å². The lowest BCUT2D eigenvalue weighted by atomic mass is 9.90. The van der Waals surface area contributed by atoms with Gasteiger partial charge in [-0.1, -0.05) is 12.8 Å². The van der Waals surface area contributed by atoms with E-state index >= 15 is 0 Å². The SMILES string of the molecule is N=P(S)(S)N(C1CC2CCC1C2)C1CC2CCC1C2. The lowest BCUT2D eigenvalue weighted by Crippen LogP contribution is -2.44. The van der Waals surface area contributed by atoms with Crippen molar-refractivity contribution in [1.82, 2.24) is 4.67 Å². The first-order valence-corrected chi connectivity index (χ1v) is 12.0. The maximum atomic E-state index is 8.54. The molecule has 108 valence electrons. The summed E-state index contributed by atoms with van der Waals surface area (Å²) < 4.78 is 2.53. The summed E-state index contributed by atoms with van der Waals surface area (Å²) in [6.45, 7) is 0. The van der Waals surface area contributed by atoms with Crippen molar-refractivity contribution in [2.24, 2.45) is 23.7 Å². The number of nitrogens with one attached hydrogen (secondary N) is 1. The van der Waals surface area contributed by atoms with Gasteiger partial charge in [0.15, 0.2) is 0 Å². The molecule has 0 aromatic heterocycles. The second-order valence-corrected chi connectivity index (χ2v) is 13.5. The van der Waals surface area contributed by atoms with Crippen molar-refractivity contribution >= 4 is 30.1 Å². The number of rotatable bonds is 3. The quantitative estimate of drug-likeness (QED) is 0.493. The molecular formula is C14H25N2PS2. The second-order valence-electron chi connectivity index (χ2n) is 7.43. The van der Waals surface area contributed by atoms with Crippen LogP contribution in [0.3, 0.4) is 0 Å². The molecule has 2 nitrogen and oxygen atoms in total. The molecule has 0 spiro atoms. The highest BCUT2D eigenvalue weighted by atomic mass is 33.1. The summed E-state index contributed by atoms with van der Waals surface area (Å²) >= 11 is 9.31. The lowest BCUT2D eigenvalue weighted by molar-refractivity contribution is 0.156. The highest BCUT2D eigenvalue weighted by Crippen LogP contribution is 2.67. The Morgan fingerprint density at radius 3 is 1.53 bits per heavy atom. The van der Waals surface area contributed by atoms with Crippen molar-refractivity contribution in [1.29, 1.82) is 5.16 Å². The van der Waals surface area contributed by atoms with Gasteiger partial charge in [-0.2, -0.15) is 0 Å². The predicted octanol–water partition coefficient (Wildman–Crippen LogP) is 5.05. The van der Waals surface area contributed by atoms with E-state index in [-0.39, 0.29) is 0 Å². The van der Waals surface area contributed by atoms with Gasteiger partial charge in [0.1, 0.15) is 5.61 Å². The fourth-order valence-corrected chi connectivity index (χ4v) is 8.71. The van der Waals surface area contributed by atoms with Gasteiger partial charge in [0.2, 0.25) is 0 Å². The Morgan fingerprint density at radius 2 is 1.26 bits per heavy atom. The fraction of sp³-hybridized carbons (Fsp3) is 1.00. The molecular weight excluding hydrogens is 291 g/mol. The molecule has 4 fully saturated rings. The van der Waals surface area contributed by atoms with Crippen LogP contribution in [-0.2, 0) is 0 Å². The van der Waals surface area contributed by atoms with Crippen molar-refractivity contribution in [3.63, 3.8) is 0 Å². The van der Waals surface area contributed by atoms with Crippen molar-refractivity contribution < 1.29 is 0 Å². The fourth-order valence-electron chi connectivity index (χ4n) is 5.73. The molecule has 6 atom stereocenters. The first kappa shape index (κ1) is 13.5. The second kappa shape index (κ2) is 4.69. The van der Waals surface area contributed by atoms with Crippen LogP contribution in [0.15, 0.2) is 0 Å². The Morgan fingerprint density at radius 1 is 0.789 bits per heavy atom. The standard InChI is InChI=1S/C14H25N2PS2/c15-17(18,19)16(13-7-9-1-3-11(13)5-9)14-8-10-2-4-12(14)6-10/h9-14H,1-8H2,(H3,15,18,19). The van der Waals surface area contributed by atoms with Crippen molar-refractivity contribution in [3.8, 4) is 0 Å². The van der Waals surface area contributed by atoms with Gasteiger partial charge in [0, 0.05) is 12.1 Å². The number of hydrogen-bond acceptors (Lipinski definition) is 1. The molecule has 0 radical (unpaired) electrons. The van der Waals surface area contributed by atoms with Crippen molar-refractivity contribution in [2.45, 2.75) is 63.5 Å². The average Bonchev–Trinajstić information content (AvgIpc) is 3.07. The third kappa shape index (κ3) is 2.25. The summed E-state index contributed by atoms with van der Waals surface area (Å²) in [5.74, 6) is 3.61. The van der Waals surface area contributed by atoms with E-state index in [1.54, 1.807) is 0 Å². The lowest BCUT2D eigenvalue weighted by Gasteiger charge is -2.44. The van der Waals surface area contributed by atoms with Gasteiger partial charge in [0.05, 0.1) is 0 Å². The van der Waals surface area contributed by atoms with E-state index in [0.29, 0.717) is 12.1 Å². The van der Waals surface area contributed by atoms with E-state index in [1.165, 1.54) is 51.4 Å². The molecule has 4 aliphatic carbocycles. The Kier molecular flexibility index (Phi) is 3.35. The maximum Gasteiger partial charge on any atom is 0.132 e. The van der Waals surface area contributed by atoms with E-state index in [2.05, 4.69) is 29.2 Å². The average molecular weight is 316 g/mol. The van der Waals surface area contributed by atoms with E-state index < -0.39 is 5.61 Å². The summed E-state index contributed by atoms with van der Waals surface area (Å²) in [6.07, 6.45) is 11.2. The van der Waals surface area contributed by atoms with Gasteiger partial charge < -0.3 is 0 Å². The first-order chi connectivity index (χ1) is 9.02. The van der Waals surface area contributed by atoms with Crippen LogP contribution < -0.4 is 0 Å². The van der Waals surface area contributed by atoms with Crippen LogP contribution in [-0.4, -0.2) is 16.8 Å². The zero-order valence-corrected chi connectivity index (χ0v) is 14.1. The van der Waals surface area contributed by atoms with Gasteiger partial charge in [-0.25, -0.2) is 4.67 Å². The molecule has 0 aliphatic heterocycles. The molecule has 0 amide bonds. The molecule has 4 aliphatic rings. The number of hydrogen-bond donors (Lipinski definition) is 3. The van der Waals surface area contributed by atoms with Crippen LogP contribution in [0.5, 0.6) is 0 Å².